The maximum Gasteiger partial charge on any atom is 0.227 e. The highest BCUT2D eigenvalue weighted by molar-refractivity contribution is 5.80. The Morgan fingerprint density at radius 2 is 2.19 bits per heavy atom. The van der Waals surface area contributed by atoms with Gasteiger partial charge in [0.25, 0.3) is 0 Å². The van der Waals surface area contributed by atoms with E-state index < -0.39 is 0 Å². The SMILES string of the molecule is CC(C)NC(=O)Cc1nc2ccccc2[nH]1. The van der Waals surface area contributed by atoms with E-state index in [1.165, 1.54) is 0 Å². The van der Waals surface area contributed by atoms with Gasteiger partial charge in [0, 0.05) is 6.04 Å². The Kier molecular flexibility index (Phi) is 2.90. The summed E-state index contributed by atoms with van der Waals surface area (Å²) in [5, 5.41) is 2.84. The first kappa shape index (κ1) is 10.7. The van der Waals surface area contributed by atoms with E-state index in [9.17, 15) is 4.79 Å². The quantitative estimate of drug-likeness (QED) is 0.821. The van der Waals surface area contributed by atoms with E-state index in [0.717, 1.165) is 11.0 Å². The summed E-state index contributed by atoms with van der Waals surface area (Å²) < 4.78 is 0. The van der Waals surface area contributed by atoms with E-state index in [2.05, 4.69) is 15.3 Å². The van der Waals surface area contributed by atoms with Crippen LogP contribution in [-0.2, 0) is 11.2 Å². The minimum Gasteiger partial charge on any atom is -0.354 e. The van der Waals surface area contributed by atoms with Crippen LogP contribution >= 0.6 is 0 Å². The monoisotopic (exact) mass is 217 g/mol. The van der Waals surface area contributed by atoms with Gasteiger partial charge in [-0.25, -0.2) is 4.98 Å². The Morgan fingerprint density at radius 1 is 1.44 bits per heavy atom. The molecule has 4 nitrogen and oxygen atoms in total. The van der Waals surface area contributed by atoms with Crippen molar-refractivity contribution < 1.29 is 4.79 Å². The van der Waals surface area contributed by atoms with Gasteiger partial charge in [-0.05, 0) is 26.0 Å². The molecule has 4 heteroatoms. The number of amides is 1. The number of aromatic nitrogens is 2. The predicted molar refractivity (Wildman–Crippen MR) is 63.1 cm³/mol. The summed E-state index contributed by atoms with van der Waals surface area (Å²) in [6, 6.07) is 7.92. The molecule has 0 aliphatic heterocycles. The fourth-order valence-corrected chi connectivity index (χ4v) is 1.61. The molecule has 0 unspecified atom stereocenters. The number of benzene rings is 1. The van der Waals surface area contributed by atoms with Gasteiger partial charge in [0.15, 0.2) is 0 Å². The summed E-state index contributed by atoms with van der Waals surface area (Å²) >= 11 is 0. The van der Waals surface area contributed by atoms with Crippen molar-refractivity contribution in [3.63, 3.8) is 0 Å². The van der Waals surface area contributed by atoms with Crippen molar-refractivity contribution in [3.05, 3.63) is 30.1 Å². The zero-order valence-electron chi connectivity index (χ0n) is 9.45. The minimum atomic E-state index is -0.00550. The van der Waals surface area contributed by atoms with Crippen LogP contribution in [0.3, 0.4) is 0 Å². The Bertz CT molecular complexity index is 469. The molecule has 0 aliphatic rings. The summed E-state index contributed by atoms with van der Waals surface area (Å²) in [6.07, 6.45) is 0.298. The number of aromatic amines is 1. The second-order valence-electron chi connectivity index (χ2n) is 4.10. The maximum atomic E-state index is 11.5. The molecule has 0 spiro atoms. The molecule has 1 aromatic heterocycles. The normalized spacial score (nSPS) is 10.9. The number of hydrogen-bond acceptors (Lipinski definition) is 2. The topological polar surface area (TPSA) is 57.8 Å². The number of nitrogens with one attached hydrogen (secondary N) is 2. The molecule has 0 fully saturated rings. The van der Waals surface area contributed by atoms with Gasteiger partial charge < -0.3 is 10.3 Å². The third-order valence-corrected chi connectivity index (χ3v) is 2.22. The second-order valence-corrected chi connectivity index (χ2v) is 4.10. The van der Waals surface area contributed by atoms with Crippen LogP contribution in [0.4, 0.5) is 0 Å². The molecule has 2 aromatic rings. The van der Waals surface area contributed by atoms with Gasteiger partial charge in [0.05, 0.1) is 17.5 Å². The average molecular weight is 217 g/mol. The molecular formula is C12H15N3O. The number of hydrogen-bond donors (Lipinski definition) is 2. The molecule has 1 aromatic carbocycles. The molecule has 0 atom stereocenters. The molecule has 0 aliphatic carbocycles. The van der Waals surface area contributed by atoms with Crippen molar-refractivity contribution in [2.24, 2.45) is 0 Å². The fourth-order valence-electron chi connectivity index (χ4n) is 1.61. The highest BCUT2D eigenvalue weighted by Crippen LogP contribution is 2.10. The summed E-state index contributed by atoms with van der Waals surface area (Å²) in [7, 11) is 0. The standard InChI is InChI=1S/C12H15N3O/c1-8(2)13-12(16)7-11-14-9-5-3-4-6-10(9)15-11/h3-6,8H,7H2,1-2H3,(H,13,16)(H,14,15). The molecular weight excluding hydrogens is 202 g/mol. The molecule has 0 bridgehead atoms. The van der Waals surface area contributed by atoms with E-state index in [0.29, 0.717) is 12.2 Å². The second kappa shape index (κ2) is 4.35. The number of H-pyrrole nitrogens is 1. The van der Waals surface area contributed by atoms with Crippen LogP contribution in [0.25, 0.3) is 11.0 Å². The van der Waals surface area contributed by atoms with Crippen LogP contribution in [0.1, 0.15) is 19.7 Å². The van der Waals surface area contributed by atoms with Gasteiger partial charge in [0.1, 0.15) is 5.82 Å². The Hall–Kier alpha value is -1.84. The Labute approximate surface area is 94.1 Å². The van der Waals surface area contributed by atoms with Crippen molar-refractivity contribution in [2.45, 2.75) is 26.3 Å². The lowest BCUT2D eigenvalue weighted by Gasteiger charge is -2.06. The van der Waals surface area contributed by atoms with Gasteiger partial charge in [-0.1, -0.05) is 12.1 Å². The molecule has 1 amide bonds. The molecule has 0 saturated heterocycles. The number of para-hydroxylation sites is 2. The summed E-state index contributed by atoms with van der Waals surface area (Å²) in [5.41, 5.74) is 1.87. The van der Waals surface area contributed by atoms with E-state index in [4.69, 9.17) is 0 Å². The van der Waals surface area contributed by atoms with Crippen LogP contribution in [0.15, 0.2) is 24.3 Å². The number of rotatable bonds is 3. The van der Waals surface area contributed by atoms with Gasteiger partial charge in [-0.3, -0.25) is 4.79 Å². The Balaban J connectivity index is 2.12. The van der Waals surface area contributed by atoms with Crippen molar-refractivity contribution in [1.29, 1.82) is 0 Å². The number of fused-ring (bicyclic) bond motifs is 1. The molecule has 2 rings (SSSR count). The number of carbonyl (C=O) groups is 1. The zero-order valence-corrected chi connectivity index (χ0v) is 9.45. The summed E-state index contributed by atoms with van der Waals surface area (Å²) in [4.78, 5) is 19.0. The van der Waals surface area contributed by atoms with Gasteiger partial charge in [-0.15, -0.1) is 0 Å². The van der Waals surface area contributed by atoms with Gasteiger partial charge in [-0.2, -0.15) is 0 Å². The molecule has 0 saturated carbocycles. The predicted octanol–water partition coefficient (Wildman–Crippen LogP) is 1.63. The first-order valence-electron chi connectivity index (χ1n) is 5.38. The lowest BCUT2D eigenvalue weighted by atomic mass is 10.3. The third kappa shape index (κ3) is 2.39. The largest absolute Gasteiger partial charge is 0.354 e. The molecule has 2 N–H and O–H groups in total. The first-order valence-corrected chi connectivity index (χ1v) is 5.38. The Morgan fingerprint density at radius 3 is 2.88 bits per heavy atom. The van der Waals surface area contributed by atoms with E-state index >= 15 is 0 Å². The molecule has 84 valence electrons. The van der Waals surface area contributed by atoms with E-state index in [1.807, 2.05) is 38.1 Å². The highest BCUT2D eigenvalue weighted by Gasteiger charge is 2.08. The van der Waals surface area contributed by atoms with Crippen LogP contribution in [0.2, 0.25) is 0 Å². The smallest absolute Gasteiger partial charge is 0.227 e. The van der Waals surface area contributed by atoms with E-state index in [1.54, 1.807) is 0 Å². The maximum absolute atomic E-state index is 11.5. The third-order valence-electron chi connectivity index (χ3n) is 2.22. The van der Waals surface area contributed by atoms with Crippen molar-refractivity contribution in [1.82, 2.24) is 15.3 Å². The van der Waals surface area contributed by atoms with Crippen LogP contribution < -0.4 is 5.32 Å². The first-order chi connectivity index (χ1) is 7.65. The number of imidazole rings is 1. The average Bonchev–Trinajstić information content (AvgIpc) is 2.57. The minimum absolute atomic E-state index is 0.00550. The summed E-state index contributed by atoms with van der Waals surface area (Å²) in [5.74, 6) is 0.702. The van der Waals surface area contributed by atoms with Crippen molar-refractivity contribution >= 4 is 16.9 Å². The number of nitrogens with zero attached hydrogens (tertiary/aromatic N) is 1. The zero-order chi connectivity index (χ0) is 11.5. The van der Waals surface area contributed by atoms with Crippen LogP contribution in [0, 0.1) is 0 Å². The molecule has 1 heterocycles. The lowest BCUT2D eigenvalue weighted by Crippen LogP contribution is -2.31. The van der Waals surface area contributed by atoms with Gasteiger partial charge in [0.2, 0.25) is 5.91 Å². The van der Waals surface area contributed by atoms with Crippen LogP contribution in [-0.4, -0.2) is 21.9 Å². The lowest BCUT2D eigenvalue weighted by molar-refractivity contribution is -0.121. The van der Waals surface area contributed by atoms with Crippen molar-refractivity contribution in [3.8, 4) is 0 Å². The van der Waals surface area contributed by atoms with Crippen LogP contribution in [0.5, 0.6) is 0 Å². The van der Waals surface area contributed by atoms with Gasteiger partial charge >= 0.3 is 0 Å². The van der Waals surface area contributed by atoms with E-state index in [-0.39, 0.29) is 11.9 Å². The fraction of sp³-hybridized carbons (Fsp3) is 0.333. The summed E-state index contributed by atoms with van der Waals surface area (Å²) in [6.45, 7) is 3.88. The van der Waals surface area contributed by atoms with Crippen molar-refractivity contribution in [2.75, 3.05) is 0 Å². The number of carbonyl (C=O) groups excluding carboxylic acids is 1. The highest BCUT2D eigenvalue weighted by atomic mass is 16.1. The molecule has 0 radical (unpaired) electrons. The molecule has 16 heavy (non-hydrogen) atoms.